The minimum absolute atomic E-state index is 0.168. The van der Waals surface area contributed by atoms with Crippen LogP contribution >= 0.6 is 0 Å². The zero-order valence-electron chi connectivity index (χ0n) is 7.97. The van der Waals surface area contributed by atoms with Crippen LogP contribution in [0.1, 0.15) is 18.1 Å². The smallest absolute Gasteiger partial charge is 0.126 e. The van der Waals surface area contributed by atoms with Crippen molar-refractivity contribution in [3.05, 3.63) is 53.9 Å². The van der Waals surface area contributed by atoms with Crippen molar-refractivity contribution in [2.75, 3.05) is 0 Å². The van der Waals surface area contributed by atoms with Crippen LogP contribution in [0.5, 0.6) is 0 Å². The highest BCUT2D eigenvalue weighted by Crippen LogP contribution is 2.21. The summed E-state index contributed by atoms with van der Waals surface area (Å²) >= 11 is 0. The van der Waals surface area contributed by atoms with E-state index in [1.165, 1.54) is 6.07 Å². The van der Waals surface area contributed by atoms with Crippen molar-refractivity contribution in [3.8, 4) is 0 Å². The average molecular weight is 176 g/mol. The molecule has 0 N–H and O–H groups in total. The van der Waals surface area contributed by atoms with E-state index in [4.69, 9.17) is 0 Å². The molecule has 1 aromatic rings. The number of allylic oxidation sites excluding steroid dienone is 3. The third-order valence-corrected chi connectivity index (χ3v) is 2.11. The minimum Gasteiger partial charge on any atom is -0.207 e. The summed E-state index contributed by atoms with van der Waals surface area (Å²) in [7, 11) is 0. The molecule has 1 heteroatoms. The van der Waals surface area contributed by atoms with Crippen LogP contribution in [0, 0.1) is 12.7 Å². The predicted octanol–water partition coefficient (Wildman–Crippen LogP) is 3.72. The van der Waals surface area contributed by atoms with E-state index in [-0.39, 0.29) is 5.82 Å². The Kier molecular flexibility index (Phi) is 3.02. The molecule has 0 spiro atoms. The molecule has 0 bridgehead atoms. The van der Waals surface area contributed by atoms with E-state index < -0.39 is 0 Å². The van der Waals surface area contributed by atoms with Gasteiger partial charge in [-0.25, -0.2) is 4.39 Å². The summed E-state index contributed by atoms with van der Waals surface area (Å²) in [6, 6.07) is 5.08. The Labute approximate surface area is 78.4 Å². The highest BCUT2D eigenvalue weighted by atomic mass is 19.1. The molecule has 0 heterocycles. The SMILES string of the molecule is C=C/C(=C\C)c1cccc(F)c1C. The lowest BCUT2D eigenvalue weighted by Crippen LogP contribution is -1.89. The fourth-order valence-electron chi connectivity index (χ4n) is 1.30. The van der Waals surface area contributed by atoms with E-state index in [0.29, 0.717) is 5.56 Å². The zero-order valence-corrected chi connectivity index (χ0v) is 7.97. The van der Waals surface area contributed by atoms with E-state index in [2.05, 4.69) is 6.58 Å². The molecule has 0 aliphatic rings. The standard InChI is InChI=1S/C12H13F/c1-4-10(5-2)11-7-6-8-12(13)9(11)3/h4-8H,1H2,2-3H3/b10-5+. The van der Waals surface area contributed by atoms with Crippen LogP contribution in [-0.4, -0.2) is 0 Å². The van der Waals surface area contributed by atoms with Gasteiger partial charge in [-0.2, -0.15) is 0 Å². The lowest BCUT2D eigenvalue weighted by atomic mass is 10.0. The highest BCUT2D eigenvalue weighted by Gasteiger charge is 2.04. The molecule has 0 saturated carbocycles. The molecule has 0 fully saturated rings. The second-order valence-electron chi connectivity index (χ2n) is 2.86. The second-order valence-corrected chi connectivity index (χ2v) is 2.86. The molecule has 68 valence electrons. The van der Waals surface area contributed by atoms with E-state index in [1.54, 1.807) is 19.1 Å². The topological polar surface area (TPSA) is 0 Å². The van der Waals surface area contributed by atoms with Gasteiger partial charge in [0.1, 0.15) is 5.82 Å². The lowest BCUT2D eigenvalue weighted by Gasteiger charge is -2.06. The molecular formula is C12H13F. The molecule has 13 heavy (non-hydrogen) atoms. The van der Waals surface area contributed by atoms with Crippen LogP contribution in [-0.2, 0) is 0 Å². The van der Waals surface area contributed by atoms with Crippen molar-refractivity contribution in [2.24, 2.45) is 0 Å². The third-order valence-electron chi connectivity index (χ3n) is 2.11. The monoisotopic (exact) mass is 176 g/mol. The predicted molar refractivity (Wildman–Crippen MR) is 55.0 cm³/mol. The summed E-state index contributed by atoms with van der Waals surface area (Å²) in [5.74, 6) is -0.168. The van der Waals surface area contributed by atoms with Crippen molar-refractivity contribution in [3.63, 3.8) is 0 Å². The molecule has 0 radical (unpaired) electrons. The molecule has 0 aliphatic carbocycles. The summed E-state index contributed by atoms with van der Waals surface area (Å²) in [6.07, 6.45) is 3.66. The number of benzene rings is 1. The van der Waals surface area contributed by atoms with Crippen LogP contribution in [0.25, 0.3) is 5.57 Å². The zero-order chi connectivity index (χ0) is 9.84. The van der Waals surface area contributed by atoms with Crippen molar-refractivity contribution in [1.82, 2.24) is 0 Å². The Bertz CT molecular complexity index is 348. The fraction of sp³-hybridized carbons (Fsp3) is 0.167. The third kappa shape index (κ3) is 1.86. The number of hydrogen-bond acceptors (Lipinski definition) is 0. The Morgan fingerprint density at radius 1 is 1.46 bits per heavy atom. The summed E-state index contributed by atoms with van der Waals surface area (Å²) in [5.41, 5.74) is 2.56. The van der Waals surface area contributed by atoms with Crippen LogP contribution in [0.2, 0.25) is 0 Å². The first-order chi connectivity index (χ1) is 6.20. The molecule has 0 nitrogen and oxygen atoms in total. The molecule has 0 aliphatic heterocycles. The highest BCUT2D eigenvalue weighted by molar-refractivity contribution is 5.75. The molecule has 0 unspecified atom stereocenters. The molecule has 1 aromatic carbocycles. The number of hydrogen-bond donors (Lipinski definition) is 0. The first kappa shape index (κ1) is 9.72. The van der Waals surface area contributed by atoms with Gasteiger partial charge in [0, 0.05) is 0 Å². The van der Waals surface area contributed by atoms with Crippen molar-refractivity contribution >= 4 is 5.57 Å². The second kappa shape index (κ2) is 4.04. The molecule has 0 saturated heterocycles. The van der Waals surface area contributed by atoms with Gasteiger partial charge in [-0.3, -0.25) is 0 Å². The first-order valence-electron chi connectivity index (χ1n) is 4.25. The van der Waals surface area contributed by atoms with Gasteiger partial charge in [0.2, 0.25) is 0 Å². The van der Waals surface area contributed by atoms with Gasteiger partial charge in [-0.05, 0) is 36.6 Å². The van der Waals surface area contributed by atoms with E-state index in [0.717, 1.165) is 11.1 Å². The minimum atomic E-state index is -0.168. The Morgan fingerprint density at radius 2 is 2.15 bits per heavy atom. The summed E-state index contributed by atoms with van der Waals surface area (Å²) in [4.78, 5) is 0. The molecular weight excluding hydrogens is 163 g/mol. The summed E-state index contributed by atoms with van der Waals surface area (Å²) in [6.45, 7) is 7.38. The number of halogens is 1. The van der Waals surface area contributed by atoms with Crippen LogP contribution in [0.15, 0.2) is 36.9 Å². The lowest BCUT2D eigenvalue weighted by molar-refractivity contribution is 0.618. The van der Waals surface area contributed by atoms with Crippen molar-refractivity contribution in [2.45, 2.75) is 13.8 Å². The average Bonchev–Trinajstić information content (AvgIpc) is 2.14. The van der Waals surface area contributed by atoms with Crippen LogP contribution < -0.4 is 0 Å². The van der Waals surface area contributed by atoms with Crippen molar-refractivity contribution < 1.29 is 4.39 Å². The van der Waals surface area contributed by atoms with Gasteiger partial charge >= 0.3 is 0 Å². The summed E-state index contributed by atoms with van der Waals surface area (Å²) in [5, 5.41) is 0. The first-order valence-corrected chi connectivity index (χ1v) is 4.25. The maximum atomic E-state index is 13.2. The van der Waals surface area contributed by atoms with Gasteiger partial charge < -0.3 is 0 Å². The van der Waals surface area contributed by atoms with Gasteiger partial charge in [0.05, 0.1) is 0 Å². The van der Waals surface area contributed by atoms with Gasteiger partial charge in [0.25, 0.3) is 0 Å². The Hall–Kier alpha value is -1.37. The van der Waals surface area contributed by atoms with Crippen LogP contribution in [0.4, 0.5) is 4.39 Å². The Balaban J connectivity index is 3.29. The van der Waals surface area contributed by atoms with E-state index >= 15 is 0 Å². The van der Waals surface area contributed by atoms with E-state index in [9.17, 15) is 4.39 Å². The molecule has 0 atom stereocenters. The van der Waals surface area contributed by atoms with Gasteiger partial charge in [0.15, 0.2) is 0 Å². The van der Waals surface area contributed by atoms with Gasteiger partial charge in [-0.15, -0.1) is 0 Å². The maximum absolute atomic E-state index is 13.2. The molecule has 0 aromatic heterocycles. The quantitative estimate of drug-likeness (QED) is 0.602. The summed E-state index contributed by atoms with van der Waals surface area (Å²) < 4.78 is 13.2. The van der Waals surface area contributed by atoms with Gasteiger partial charge in [-0.1, -0.05) is 30.9 Å². The van der Waals surface area contributed by atoms with Crippen molar-refractivity contribution in [1.29, 1.82) is 0 Å². The number of rotatable bonds is 2. The Morgan fingerprint density at radius 3 is 2.69 bits per heavy atom. The fourth-order valence-corrected chi connectivity index (χ4v) is 1.30. The molecule has 0 amide bonds. The largest absolute Gasteiger partial charge is 0.207 e. The van der Waals surface area contributed by atoms with Crippen LogP contribution in [0.3, 0.4) is 0 Å². The van der Waals surface area contributed by atoms with E-state index in [1.807, 2.05) is 19.1 Å². The normalized spacial score (nSPS) is 11.5. The molecule has 1 rings (SSSR count). The maximum Gasteiger partial charge on any atom is 0.126 e.